The topological polar surface area (TPSA) is 130 Å². The summed E-state index contributed by atoms with van der Waals surface area (Å²) in [5.74, 6) is -2.85. The Hall–Kier alpha value is 0.590. The van der Waals surface area contributed by atoms with Crippen LogP contribution in [0, 0.1) is 0 Å². The van der Waals surface area contributed by atoms with E-state index >= 15 is 0 Å². The van der Waals surface area contributed by atoms with Crippen molar-refractivity contribution >= 4 is 22.0 Å². The van der Waals surface area contributed by atoms with Gasteiger partial charge in [0.05, 0.1) is 0 Å². The number of allylic oxidation sites excluding steroid dienone is 2. The first-order chi connectivity index (χ1) is 14.3. The molecule has 0 amide bonds. The minimum absolute atomic E-state index is 0. The molecule has 0 spiro atoms. The Morgan fingerprint density at radius 3 is 1.72 bits per heavy atom. The first-order valence-corrected chi connectivity index (χ1v) is 12.8. The molecule has 0 radical (unpaired) electrons. The summed E-state index contributed by atoms with van der Waals surface area (Å²) >= 11 is 0. The number of aliphatic imine (C=N–C) groups is 1. The van der Waals surface area contributed by atoms with Gasteiger partial charge in [-0.1, -0.05) is 76.9 Å². The molecule has 0 aliphatic carbocycles. The van der Waals surface area contributed by atoms with Crippen LogP contribution in [0.5, 0.6) is 0 Å². The van der Waals surface area contributed by atoms with Gasteiger partial charge in [-0.2, -0.15) is 8.42 Å². The van der Waals surface area contributed by atoms with Crippen molar-refractivity contribution < 1.29 is 87.1 Å². The van der Waals surface area contributed by atoms with Crippen LogP contribution < -0.4 is 69.3 Å². The first kappa shape index (κ1) is 37.1. The third-order valence-corrected chi connectivity index (χ3v) is 6.01. The largest absolute Gasteiger partial charge is 1.00 e. The SMILES string of the molecule is CCCCCCCC/C=C\CCCCCCCCN=C([O-])C(CC(=O)[O-])S(=O)(=O)O.[Na+].[Na+]. The van der Waals surface area contributed by atoms with Crippen LogP contribution in [-0.4, -0.2) is 36.6 Å². The minimum atomic E-state index is -4.80. The van der Waals surface area contributed by atoms with E-state index < -0.39 is 33.7 Å². The van der Waals surface area contributed by atoms with Crippen LogP contribution in [0.4, 0.5) is 0 Å². The molecule has 32 heavy (non-hydrogen) atoms. The molecule has 0 saturated heterocycles. The molecule has 1 atom stereocenters. The number of hydrogen-bond acceptors (Lipinski definition) is 6. The van der Waals surface area contributed by atoms with E-state index in [2.05, 4.69) is 24.1 Å². The van der Waals surface area contributed by atoms with E-state index in [9.17, 15) is 23.4 Å². The maximum atomic E-state index is 11.7. The summed E-state index contributed by atoms with van der Waals surface area (Å²) in [5, 5.41) is 20.1. The molecule has 0 heterocycles. The maximum Gasteiger partial charge on any atom is 1.00 e. The molecule has 0 bridgehead atoms. The van der Waals surface area contributed by atoms with E-state index in [1.165, 1.54) is 44.9 Å². The molecule has 0 saturated carbocycles. The van der Waals surface area contributed by atoms with Crippen LogP contribution in [0.3, 0.4) is 0 Å². The molecule has 10 heteroatoms. The molecule has 1 unspecified atom stereocenters. The van der Waals surface area contributed by atoms with Crippen molar-refractivity contribution in [1.82, 2.24) is 0 Å². The number of carbonyl (C=O) groups excluding carboxylic acids is 1. The third kappa shape index (κ3) is 23.7. The van der Waals surface area contributed by atoms with Crippen LogP contribution in [0.15, 0.2) is 17.1 Å². The van der Waals surface area contributed by atoms with Crippen molar-refractivity contribution in [3.8, 4) is 0 Å². The van der Waals surface area contributed by atoms with Crippen LogP contribution in [-0.2, 0) is 14.9 Å². The zero-order valence-corrected chi connectivity index (χ0v) is 25.2. The third-order valence-electron chi connectivity index (χ3n) is 4.92. The van der Waals surface area contributed by atoms with Crippen molar-refractivity contribution in [2.45, 2.75) is 108 Å². The molecule has 0 aliphatic rings. The zero-order valence-electron chi connectivity index (χ0n) is 20.4. The van der Waals surface area contributed by atoms with Crippen molar-refractivity contribution in [2.75, 3.05) is 6.54 Å². The minimum Gasteiger partial charge on any atom is -0.861 e. The maximum absolute atomic E-state index is 11.7. The monoisotopic (exact) mass is 491 g/mol. The van der Waals surface area contributed by atoms with E-state index in [1.807, 2.05) is 0 Å². The number of carboxylic acids is 1. The zero-order chi connectivity index (χ0) is 22.7. The summed E-state index contributed by atoms with van der Waals surface area (Å²) in [6.07, 6.45) is 19.6. The van der Waals surface area contributed by atoms with Crippen LogP contribution >= 0.6 is 0 Å². The van der Waals surface area contributed by atoms with E-state index in [-0.39, 0.29) is 65.7 Å². The molecule has 0 aliphatic heterocycles. The van der Waals surface area contributed by atoms with Gasteiger partial charge >= 0.3 is 59.1 Å². The molecular formula is C22H39NNa2O6S. The van der Waals surface area contributed by atoms with Crippen molar-refractivity contribution in [1.29, 1.82) is 0 Å². The number of rotatable bonds is 20. The van der Waals surface area contributed by atoms with Gasteiger partial charge in [0.25, 0.3) is 10.1 Å². The number of unbranched alkanes of at least 4 members (excludes halogenated alkanes) is 12. The number of hydrogen-bond donors (Lipinski definition) is 1. The summed E-state index contributed by atoms with van der Waals surface area (Å²) in [6.45, 7) is 2.36. The van der Waals surface area contributed by atoms with E-state index in [0.717, 1.165) is 38.5 Å². The Labute approximate surface area is 239 Å². The first-order valence-electron chi connectivity index (χ1n) is 11.3. The van der Waals surface area contributed by atoms with Gasteiger partial charge in [-0.3, -0.25) is 4.55 Å². The molecule has 7 nitrogen and oxygen atoms in total. The molecule has 0 fully saturated rings. The molecular weight excluding hydrogens is 452 g/mol. The van der Waals surface area contributed by atoms with Gasteiger partial charge in [-0.15, -0.1) is 0 Å². The van der Waals surface area contributed by atoms with Crippen LogP contribution in [0.1, 0.15) is 103 Å². The van der Waals surface area contributed by atoms with E-state index in [0.29, 0.717) is 6.42 Å². The number of carboxylic acid groups (broad SMARTS) is 1. The smallest absolute Gasteiger partial charge is 0.861 e. The Morgan fingerprint density at radius 2 is 1.28 bits per heavy atom. The predicted octanol–water partition coefficient (Wildman–Crippen LogP) is -2.81. The van der Waals surface area contributed by atoms with Gasteiger partial charge in [0.15, 0.2) is 0 Å². The molecule has 0 aromatic carbocycles. The van der Waals surface area contributed by atoms with Gasteiger partial charge < -0.3 is 20.0 Å². The van der Waals surface area contributed by atoms with Gasteiger partial charge in [0.2, 0.25) is 0 Å². The summed E-state index contributed by atoms with van der Waals surface area (Å²) in [5.41, 5.74) is 0. The van der Waals surface area contributed by atoms with Gasteiger partial charge in [0, 0.05) is 18.9 Å². The summed E-state index contributed by atoms with van der Waals surface area (Å²) in [7, 11) is -4.80. The summed E-state index contributed by atoms with van der Waals surface area (Å²) < 4.78 is 31.1. The summed E-state index contributed by atoms with van der Waals surface area (Å²) in [6, 6.07) is 0. The van der Waals surface area contributed by atoms with Crippen molar-refractivity contribution in [3.05, 3.63) is 12.2 Å². The molecule has 0 aromatic rings. The Morgan fingerprint density at radius 1 is 0.844 bits per heavy atom. The van der Waals surface area contributed by atoms with Crippen LogP contribution in [0.25, 0.3) is 0 Å². The average Bonchev–Trinajstić information content (AvgIpc) is 2.67. The summed E-state index contributed by atoms with van der Waals surface area (Å²) in [4.78, 5) is 14.1. The van der Waals surface area contributed by atoms with E-state index in [4.69, 9.17) is 4.55 Å². The normalized spacial score (nSPS) is 12.9. The quantitative estimate of drug-likeness (QED) is 0.0489. The van der Waals surface area contributed by atoms with Crippen molar-refractivity contribution in [3.63, 3.8) is 0 Å². The number of carbonyl (C=O) groups is 1. The molecule has 0 aromatic heterocycles. The van der Waals surface area contributed by atoms with Gasteiger partial charge in [-0.05, 0) is 38.0 Å². The van der Waals surface area contributed by atoms with E-state index in [1.54, 1.807) is 0 Å². The van der Waals surface area contributed by atoms with Crippen molar-refractivity contribution in [2.24, 2.45) is 4.99 Å². The van der Waals surface area contributed by atoms with Gasteiger partial charge in [-0.25, -0.2) is 0 Å². The van der Waals surface area contributed by atoms with Gasteiger partial charge in [0.1, 0.15) is 5.25 Å². The Bertz CT molecular complexity index is 612. The second kappa shape index (κ2) is 24.7. The number of aliphatic carboxylic acids is 1. The molecule has 1 N–H and O–H groups in total. The Balaban J connectivity index is -0.00000420. The molecule has 176 valence electrons. The predicted molar refractivity (Wildman–Crippen MR) is 117 cm³/mol. The van der Waals surface area contributed by atoms with Crippen LogP contribution in [0.2, 0.25) is 0 Å². The fraction of sp³-hybridized carbons (Fsp3) is 0.818. The average molecular weight is 492 g/mol. The fourth-order valence-corrected chi connectivity index (χ4v) is 3.80. The second-order valence-electron chi connectivity index (χ2n) is 7.74. The second-order valence-corrected chi connectivity index (χ2v) is 9.34. The standard InChI is InChI=1S/C22H41NO6S.2Na/c1-2-3-4-5-6-7-8-9-10-11-12-13-14-15-16-17-18-23-22(26)20(19-21(24)25)30(27,28)29;;/h9-10,20H,2-8,11-19H2,1H3,(H,23,26)(H,24,25)(H,27,28,29);;/q;2*+1/p-2/b10-9-;;. The fourth-order valence-electron chi connectivity index (χ4n) is 3.12. The molecule has 0 rings (SSSR count). The number of nitrogens with zero attached hydrogens (tertiary/aromatic N) is 1. The Kier molecular flexibility index (Phi) is 28.7.